The van der Waals surface area contributed by atoms with Crippen LogP contribution in [0.3, 0.4) is 0 Å². The predicted octanol–water partition coefficient (Wildman–Crippen LogP) is 2.88. The lowest BCUT2D eigenvalue weighted by molar-refractivity contribution is 0.101. The van der Waals surface area contributed by atoms with Crippen LogP contribution < -0.4 is 5.32 Å². The predicted molar refractivity (Wildman–Crippen MR) is 98.0 cm³/mol. The Bertz CT molecular complexity index is 994. The molecule has 0 spiro atoms. The van der Waals surface area contributed by atoms with Crippen LogP contribution >= 0.6 is 11.3 Å². The number of carbonyl (C=O) groups excluding carboxylic acids is 1. The number of aryl methyl sites for hydroxylation is 1. The highest BCUT2D eigenvalue weighted by Crippen LogP contribution is 2.36. The molecule has 1 amide bonds. The van der Waals surface area contributed by atoms with Crippen LogP contribution in [0, 0.1) is 18.8 Å². The molecule has 2 heterocycles. The van der Waals surface area contributed by atoms with Gasteiger partial charge in [-0.2, -0.15) is 5.21 Å². The Hall–Kier alpha value is -3.05. The molecule has 1 fully saturated rings. The van der Waals surface area contributed by atoms with Crippen molar-refractivity contribution in [1.29, 1.82) is 0 Å². The second kappa shape index (κ2) is 7.06. The molecule has 0 bridgehead atoms. The van der Waals surface area contributed by atoms with E-state index >= 15 is 0 Å². The molecule has 2 N–H and O–H groups in total. The Morgan fingerprint density at radius 3 is 2.96 bits per heavy atom. The van der Waals surface area contributed by atoms with Crippen molar-refractivity contribution in [3.63, 3.8) is 0 Å². The first-order valence-electron chi connectivity index (χ1n) is 8.32. The Morgan fingerprint density at radius 2 is 2.23 bits per heavy atom. The second-order valence-electron chi connectivity index (χ2n) is 6.17. The summed E-state index contributed by atoms with van der Waals surface area (Å²) in [4.78, 5) is 16.7. The van der Waals surface area contributed by atoms with Crippen molar-refractivity contribution >= 4 is 22.9 Å². The molecule has 4 rings (SSSR count). The fourth-order valence-electron chi connectivity index (χ4n) is 2.63. The van der Waals surface area contributed by atoms with Gasteiger partial charge < -0.3 is 5.32 Å². The van der Waals surface area contributed by atoms with Gasteiger partial charge in [0.2, 0.25) is 0 Å². The van der Waals surface area contributed by atoms with Crippen LogP contribution in [0.5, 0.6) is 0 Å². The van der Waals surface area contributed by atoms with Crippen LogP contribution in [0.25, 0.3) is 0 Å². The average Bonchev–Trinajstić information content (AvgIpc) is 3.26. The molecule has 0 radical (unpaired) electrons. The van der Waals surface area contributed by atoms with Crippen molar-refractivity contribution in [1.82, 2.24) is 25.6 Å². The topological polar surface area (TPSA) is 96.5 Å². The van der Waals surface area contributed by atoms with Crippen LogP contribution in [0.2, 0.25) is 0 Å². The third-order valence-electron chi connectivity index (χ3n) is 4.39. The number of nitrogens with one attached hydrogen (secondary N) is 2. The van der Waals surface area contributed by atoms with Gasteiger partial charge in [-0.15, -0.1) is 21.5 Å². The van der Waals surface area contributed by atoms with Gasteiger partial charge in [0.1, 0.15) is 0 Å². The summed E-state index contributed by atoms with van der Waals surface area (Å²) in [7, 11) is 0. The van der Waals surface area contributed by atoms with Crippen LogP contribution in [0.15, 0.2) is 23.6 Å². The van der Waals surface area contributed by atoms with Crippen LogP contribution in [0.4, 0.5) is 5.69 Å². The number of H-pyrrole nitrogens is 1. The number of tetrazole rings is 1. The maximum Gasteiger partial charge on any atom is 0.297 e. The van der Waals surface area contributed by atoms with Crippen molar-refractivity contribution in [2.24, 2.45) is 0 Å². The highest BCUT2D eigenvalue weighted by atomic mass is 32.1. The van der Waals surface area contributed by atoms with Gasteiger partial charge in [-0.25, -0.2) is 4.98 Å². The quantitative estimate of drug-likeness (QED) is 0.697. The Kier molecular flexibility index (Phi) is 4.46. The molecule has 1 saturated carbocycles. The van der Waals surface area contributed by atoms with E-state index < -0.39 is 5.91 Å². The monoisotopic (exact) mass is 364 g/mol. The molecule has 0 saturated heterocycles. The third kappa shape index (κ3) is 3.48. The Balaban J connectivity index is 1.51. The standard InChI is InChI=1S/C18H16N6OS/c1-11-5-6-12(9-14(11)20-18(25)17-21-23-24-22-17)7-8-16-19-15(10-26-16)13-3-2-4-13/h5-6,9-10,13H,2-4H2,1H3,(H,20,25)(H,21,22,23,24). The summed E-state index contributed by atoms with van der Waals surface area (Å²) in [5.41, 5.74) is 3.57. The molecule has 0 unspecified atom stereocenters. The van der Waals surface area contributed by atoms with Crippen LogP contribution in [0.1, 0.15) is 57.6 Å². The smallest absolute Gasteiger partial charge is 0.297 e. The Labute approximate surface area is 154 Å². The number of benzene rings is 1. The van der Waals surface area contributed by atoms with Gasteiger partial charge in [-0.3, -0.25) is 4.79 Å². The van der Waals surface area contributed by atoms with Gasteiger partial charge in [-0.1, -0.05) is 18.4 Å². The van der Waals surface area contributed by atoms with Gasteiger partial charge in [-0.05, 0) is 48.6 Å². The maximum atomic E-state index is 12.1. The zero-order chi connectivity index (χ0) is 17.9. The normalized spacial score (nSPS) is 13.6. The SMILES string of the molecule is Cc1ccc(C#Cc2nc(C3CCC3)cs2)cc1NC(=O)c1nn[nH]n1. The van der Waals surface area contributed by atoms with Crippen molar-refractivity contribution in [2.75, 3.05) is 5.32 Å². The summed E-state index contributed by atoms with van der Waals surface area (Å²) >= 11 is 1.58. The van der Waals surface area contributed by atoms with Gasteiger partial charge in [0, 0.05) is 22.5 Å². The molecule has 1 aromatic carbocycles. The molecular weight excluding hydrogens is 348 g/mol. The highest BCUT2D eigenvalue weighted by Gasteiger charge is 2.21. The van der Waals surface area contributed by atoms with Gasteiger partial charge in [0.15, 0.2) is 5.01 Å². The fourth-order valence-corrected chi connectivity index (χ4v) is 3.38. The van der Waals surface area contributed by atoms with Gasteiger partial charge >= 0.3 is 0 Å². The van der Waals surface area contributed by atoms with E-state index in [1.165, 1.54) is 25.0 Å². The van der Waals surface area contributed by atoms with Crippen molar-refractivity contribution in [3.05, 3.63) is 51.2 Å². The lowest BCUT2D eigenvalue weighted by Crippen LogP contribution is -2.14. The second-order valence-corrected chi connectivity index (χ2v) is 7.03. The number of aromatic amines is 1. The third-order valence-corrected chi connectivity index (χ3v) is 5.17. The number of hydrogen-bond donors (Lipinski definition) is 2. The van der Waals surface area contributed by atoms with Crippen LogP contribution in [-0.4, -0.2) is 31.5 Å². The highest BCUT2D eigenvalue weighted by molar-refractivity contribution is 7.10. The number of rotatable bonds is 3. The molecule has 1 aliphatic rings. The van der Waals surface area contributed by atoms with Crippen LogP contribution in [-0.2, 0) is 0 Å². The average molecular weight is 364 g/mol. The first-order valence-corrected chi connectivity index (χ1v) is 9.20. The molecular formula is C18H16N6OS. The molecule has 26 heavy (non-hydrogen) atoms. The van der Waals surface area contributed by atoms with E-state index in [0.717, 1.165) is 16.1 Å². The zero-order valence-electron chi connectivity index (χ0n) is 14.1. The molecule has 0 atom stereocenters. The number of hydrogen-bond acceptors (Lipinski definition) is 6. The van der Waals surface area contributed by atoms with E-state index in [0.29, 0.717) is 11.6 Å². The number of anilines is 1. The van der Waals surface area contributed by atoms with Gasteiger partial charge in [0.25, 0.3) is 11.7 Å². The van der Waals surface area contributed by atoms with Crippen molar-refractivity contribution < 1.29 is 4.79 Å². The van der Waals surface area contributed by atoms with Crippen molar-refractivity contribution in [3.8, 4) is 11.8 Å². The summed E-state index contributed by atoms with van der Waals surface area (Å²) in [5, 5.41) is 18.7. The molecule has 1 aliphatic carbocycles. The van der Waals surface area contributed by atoms with E-state index in [1.807, 2.05) is 25.1 Å². The summed E-state index contributed by atoms with van der Waals surface area (Å²) < 4.78 is 0. The molecule has 3 aromatic rings. The molecule has 7 nitrogen and oxygen atoms in total. The zero-order valence-corrected chi connectivity index (χ0v) is 14.9. The van der Waals surface area contributed by atoms with Crippen molar-refractivity contribution in [2.45, 2.75) is 32.1 Å². The number of nitrogens with zero attached hydrogens (tertiary/aromatic N) is 4. The van der Waals surface area contributed by atoms with E-state index in [4.69, 9.17) is 0 Å². The molecule has 2 aromatic heterocycles. The van der Waals surface area contributed by atoms with E-state index in [-0.39, 0.29) is 5.82 Å². The first-order chi connectivity index (χ1) is 12.7. The minimum absolute atomic E-state index is 0.00723. The summed E-state index contributed by atoms with van der Waals surface area (Å²) in [6, 6.07) is 5.67. The number of thiazole rings is 1. The Morgan fingerprint density at radius 1 is 1.35 bits per heavy atom. The minimum atomic E-state index is -0.419. The molecule has 130 valence electrons. The summed E-state index contributed by atoms with van der Waals surface area (Å²) in [6.07, 6.45) is 3.76. The number of aromatic nitrogens is 5. The van der Waals surface area contributed by atoms with E-state index in [2.05, 4.69) is 48.1 Å². The number of amides is 1. The van der Waals surface area contributed by atoms with Gasteiger partial charge in [0.05, 0.1) is 5.69 Å². The van der Waals surface area contributed by atoms with E-state index in [1.54, 1.807) is 11.3 Å². The largest absolute Gasteiger partial charge is 0.319 e. The lowest BCUT2D eigenvalue weighted by Gasteiger charge is -2.22. The minimum Gasteiger partial charge on any atom is -0.319 e. The lowest BCUT2D eigenvalue weighted by atomic mass is 9.83. The summed E-state index contributed by atoms with van der Waals surface area (Å²) in [5.74, 6) is 6.43. The number of carbonyl (C=O) groups is 1. The fraction of sp³-hybridized carbons (Fsp3) is 0.278. The molecule has 0 aliphatic heterocycles. The summed E-state index contributed by atoms with van der Waals surface area (Å²) in [6.45, 7) is 1.91. The molecule has 8 heteroatoms. The first kappa shape index (κ1) is 16.4. The maximum absolute atomic E-state index is 12.1. The van der Waals surface area contributed by atoms with E-state index in [9.17, 15) is 4.79 Å².